The van der Waals surface area contributed by atoms with Crippen LogP contribution < -0.4 is 15.8 Å². The Labute approximate surface area is 133 Å². The van der Waals surface area contributed by atoms with Gasteiger partial charge in [-0.3, -0.25) is 4.79 Å². The number of halogens is 1. The molecular formula is C16H27ClN2O2. The van der Waals surface area contributed by atoms with E-state index in [9.17, 15) is 4.79 Å². The molecule has 1 amide bonds. The van der Waals surface area contributed by atoms with Crippen LogP contribution in [0.25, 0.3) is 0 Å². The quantitative estimate of drug-likeness (QED) is 0.775. The molecule has 0 radical (unpaired) electrons. The van der Waals surface area contributed by atoms with Crippen molar-refractivity contribution in [2.45, 2.75) is 39.7 Å². The van der Waals surface area contributed by atoms with E-state index in [1.165, 1.54) is 0 Å². The third-order valence-electron chi connectivity index (χ3n) is 3.00. The van der Waals surface area contributed by atoms with Gasteiger partial charge < -0.3 is 15.8 Å². The molecule has 0 heterocycles. The highest BCUT2D eigenvalue weighted by molar-refractivity contribution is 5.85. The van der Waals surface area contributed by atoms with Gasteiger partial charge in [-0.1, -0.05) is 26.0 Å². The largest absolute Gasteiger partial charge is 0.494 e. The lowest BCUT2D eigenvalue weighted by molar-refractivity contribution is -0.121. The number of amides is 1. The molecule has 1 unspecified atom stereocenters. The first-order valence-electron chi connectivity index (χ1n) is 7.26. The number of nitrogens with one attached hydrogen (secondary N) is 1. The van der Waals surface area contributed by atoms with Gasteiger partial charge in [-0.05, 0) is 37.0 Å². The van der Waals surface area contributed by atoms with Crippen LogP contribution in [0.3, 0.4) is 0 Å². The van der Waals surface area contributed by atoms with Crippen LogP contribution in [0, 0.1) is 5.92 Å². The van der Waals surface area contributed by atoms with Gasteiger partial charge in [-0.15, -0.1) is 12.4 Å². The van der Waals surface area contributed by atoms with Crippen molar-refractivity contribution < 1.29 is 9.53 Å². The number of hydrogen-bond acceptors (Lipinski definition) is 3. The summed E-state index contributed by atoms with van der Waals surface area (Å²) in [7, 11) is 0. The van der Waals surface area contributed by atoms with Crippen LogP contribution >= 0.6 is 12.4 Å². The molecule has 0 bridgehead atoms. The summed E-state index contributed by atoms with van der Waals surface area (Å²) in [6.07, 6.45) is 1.28. The topological polar surface area (TPSA) is 64.3 Å². The molecule has 4 nitrogen and oxygen atoms in total. The lowest BCUT2D eigenvalue weighted by atomic mass is 10.0. The summed E-state index contributed by atoms with van der Waals surface area (Å²) in [4.78, 5) is 12.0. The fourth-order valence-electron chi connectivity index (χ4n) is 2.12. The Morgan fingerprint density at radius 2 is 1.90 bits per heavy atom. The van der Waals surface area contributed by atoms with Crippen LogP contribution in [0.5, 0.6) is 5.75 Å². The molecule has 21 heavy (non-hydrogen) atoms. The van der Waals surface area contributed by atoms with E-state index in [4.69, 9.17) is 10.5 Å². The average Bonchev–Trinajstić information content (AvgIpc) is 2.40. The Hall–Kier alpha value is -1.26. The standard InChI is InChI=1S/C16H26N2O2.ClH/c1-4-20-15-7-5-13(6-8-15)10-16(19)18-14(11-17)9-12(2)3;/h5-8,12,14H,4,9-11,17H2,1-3H3,(H,18,19);1H. The second-order valence-corrected chi connectivity index (χ2v) is 5.38. The van der Waals surface area contributed by atoms with Crippen LogP contribution in [0.4, 0.5) is 0 Å². The van der Waals surface area contributed by atoms with Crippen LogP contribution in [0.2, 0.25) is 0 Å². The molecule has 1 rings (SSSR count). The van der Waals surface area contributed by atoms with E-state index < -0.39 is 0 Å². The summed E-state index contributed by atoms with van der Waals surface area (Å²) in [5, 5.41) is 2.99. The van der Waals surface area contributed by atoms with E-state index in [-0.39, 0.29) is 24.4 Å². The summed E-state index contributed by atoms with van der Waals surface area (Å²) < 4.78 is 5.37. The molecule has 1 atom stereocenters. The number of ether oxygens (including phenoxy) is 1. The zero-order valence-electron chi connectivity index (χ0n) is 13.1. The predicted octanol–water partition coefficient (Wildman–Crippen LogP) is 2.54. The average molecular weight is 315 g/mol. The molecule has 5 heteroatoms. The minimum Gasteiger partial charge on any atom is -0.494 e. The van der Waals surface area contributed by atoms with Crippen LogP contribution in [-0.4, -0.2) is 25.1 Å². The van der Waals surface area contributed by atoms with Crippen molar-refractivity contribution in [2.24, 2.45) is 11.7 Å². The van der Waals surface area contributed by atoms with E-state index in [0.29, 0.717) is 25.5 Å². The molecule has 0 saturated heterocycles. The van der Waals surface area contributed by atoms with Crippen molar-refractivity contribution in [2.75, 3.05) is 13.2 Å². The van der Waals surface area contributed by atoms with E-state index in [0.717, 1.165) is 17.7 Å². The smallest absolute Gasteiger partial charge is 0.224 e. The maximum atomic E-state index is 12.0. The second kappa shape index (κ2) is 10.5. The van der Waals surface area contributed by atoms with Crippen molar-refractivity contribution in [3.63, 3.8) is 0 Å². The highest BCUT2D eigenvalue weighted by atomic mass is 35.5. The lowest BCUT2D eigenvalue weighted by Gasteiger charge is -2.18. The number of rotatable bonds is 8. The van der Waals surface area contributed by atoms with Crippen molar-refractivity contribution >= 4 is 18.3 Å². The summed E-state index contributed by atoms with van der Waals surface area (Å²) in [6.45, 7) is 7.33. The summed E-state index contributed by atoms with van der Waals surface area (Å²) >= 11 is 0. The Bertz CT molecular complexity index is 407. The van der Waals surface area contributed by atoms with Gasteiger partial charge in [-0.2, -0.15) is 0 Å². The molecule has 0 aliphatic heterocycles. The highest BCUT2D eigenvalue weighted by Gasteiger charge is 2.12. The molecule has 0 aliphatic rings. The maximum Gasteiger partial charge on any atom is 0.224 e. The maximum absolute atomic E-state index is 12.0. The van der Waals surface area contributed by atoms with E-state index in [1.807, 2.05) is 31.2 Å². The zero-order valence-corrected chi connectivity index (χ0v) is 13.9. The van der Waals surface area contributed by atoms with Crippen molar-refractivity contribution in [3.05, 3.63) is 29.8 Å². The Balaban J connectivity index is 0.00000400. The molecule has 0 aliphatic carbocycles. The van der Waals surface area contributed by atoms with E-state index in [2.05, 4.69) is 19.2 Å². The van der Waals surface area contributed by atoms with Gasteiger partial charge in [0.1, 0.15) is 5.75 Å². The highest BCUT2D eigenvalue weighted by Crippen LogP contribution is 2.12. The minimum atomic E-state index is 0. The molecular weight excluding hydrogens is 288 g/mol. The predicted molar refractivity (Wildman–Crippen MR) is 89.0 cm³/mol. The zero-order chi connectivity index (χ0) is 15.0. The summed E-state index contributed by atoms with van der Waals surface area (Å²) in [5.41, 5.74) is 6.66. The van der Waals surface area contributed by atoms with Gasteiger partial charge in [0.2, 0.25) is 5.91 Å². The van der Waals surface area contributed by atoms with Gasteiger partial charge >= 0.3 is 0 Å². The molecule has 0 aromatic heterocycles. The number of hydrogen-bond donors (Lipinski definition) is 2. The fraction of sp³-hybridized carbons (Fsp3) is 0.562. The van der Waals surface area contributed by atoms with Gasteiger partial charge in [0.15, 0.2) is 0 Å². The third-order valence-corrected chi connectivity index (χ3v) is 3.00. The van der Waals surface area contributed by atoms with Crippen LogP contribution in [0.15, 0.2) is 24.3 Å². The van der Waals surface area contributed by atoms with Gasteiger partial charge in [0, 0.05) is 12.6 Å². The third kappa shape index (κ3) is 7.93. The van der Waals surface area contributed by atoms with Gasteiger partial charge in [0.25, 0.3) is 0 Å². The van der Waals surface area contributed by atoms with Crippen molar-refractivity contribution in [1.82, 2.24) is 5.32 Å². The molecule has 3 N–H and O–H groups in total. The molecule has 1 aromatic carbocycles. The summed E-state index contributed by atoms with van der Waals surface area (Å²) in [5.74, 6) is 1.37. The minimum absolute atomic E-state index is 0. The normalized spacial score (nSPS) is 11.7. The first kappa shape index (κ1) is 19.7. The Morgan fingerprint density at radius 1 is 1.29 bits per heavy atom. The number of carbonyl (C=O) groups is 1. The number of benzene rings is 1. The number of carbonyl (C=O) groups excluding carboxylic acids is 1. The SMILES string of the molecule is CCOc1ccc(CC(=O)NC(CN)CC(C)C)cc1.Cl. The van der Waals surface area contributed by atoms with Crippen LogP contribution in [-0.2, 0) is 11.2 Å². The fourth-order valence-corrected chi connectivity index (χ4v) is 2.12. The van der Waals surface area contributed by atoms with Gasteiger partial charge in [0.05, 0.1) is 13.0 Å². The second-order valence-electron chi connectivity index (χ2n) is 5.38. The molecule has 0 spiro atoms. The lowest BCUT2D eigenvalue weighted by Crippen LogP contribution is -2.41. The molecule has 120 valence electrons. The molecule has 1 aromatic rings. The number of nitrogens with two attached hydrogens (primary N) is 1. The first-order valence-corrected chi connectivity index (χ1v) is 7.26. The van der Waals surface area contributed by atoms with E-state index in [1.54, 1.807) is 0 Å². The molecule has 0 fully saturated rings. The van der Waals surface area contributed by atoms with Crippen molar-refractivity contribution in [3.8, 4) is 5.75 Å². The Kier molecular flexibility index (Phi) is 9.84. The van der Waals surface area contributed by atoms with Crippen LogP contribution in [0.1, 0.15) is 32.8 Å². The summed E-state index contributed by atoms with van der Waals surface area (Å²) in [6, 6.07) is 7.68. The van der Waals surface area contributed by atoms with Crippen molar-refractivity contribution in [1.29, 1.82) is 0 Å². The van der Waals surface area contributed by atoms with E-state index >= 15 is 0 Å². The first-order chi connectivity index (χ1) is 9.55. The van der Waals surface area contributed by atoms with Gasteiger partial charge in [-0.25, -0.2) is 0 Å². The molecule has 0 saturated carbocycles. The monoisotopic (exact) mass is 314 g/mol. The Morgan fingerprint density at radius 3 is 2.38 bits per heavy atom.